The molecule has 0 saturated carbocycles. The first-order valence-corrected chi connectivity index (χ1v) is 17.0. The van der Waals surface area contributed by atoms with Crippen LogP contribution in [0.3, 0.4) is 0 Å². The number of ether oxygens (including phenoxy) is 1. The molecule has 4 nitrogen and oxygen atoms in total. The fraction of sp³-hybridized carbons (Fsp3) is 0.886. The van der Waals surface area contributed by atoms with Gasteiger partial charge in [0.1, 0.15) is 0 Å². The Hall–Kier alpha value is -1.32. The fourth-order valence-electron chi connectivity index (χ4n) is 4.60. The molecule has 0 atom stereocenters. The van der Waals surface area contributed by atoms with Gasteiger partial charge in [-0.1, -0.05) is 142 Å². The highest BCUT2D eigenvalue weighted by atomic mass is 16.5. The number of unbranched alkanes of at least 4 members (excludes halogenated alkanes) is 21. The van der Waals surface area contributed by atoms with Gasteiger partial charge in [-0.2, -0.15) is 0 Å². The minimum atomic E-state index is -0.664. The highest BCUT2D eigenvalue weighted by molar-refractivity contribution is 5.69. The third-order valence-electron chi connectivity index (χ3n) is 7.00. The van der Waals surface area contributed by atoms with E-state index in [9.17, 15) is 9.59 Å². The van der Waals surface area contributed by atoms with Crippen molar-refractivity contribution in [2.45, 2.75) is 201 Å². The summed E-state index contributed by atoms with van der Waals surface area (Å²) in [6.07, 6.45) is 36.3. The average Bonchev–Trinajstić information content (AvgIpc) is 2.89. The smallest absolute Gasteiger partial charge is 0.306 e. The zero-order chi connectivity index (χ0) is 29.2. The van der Waals surface area contributed by atoms with Crippen molar-refractivity contribution < 1.29 is 19.4 Å². The van der Waals surface area contributed by atoms with Gasteiger partial charge in [0, 0.05) is 12.8 Å². The molecule has 0 rings (SSSR count). The van der Waals surface area contributed by atoms with Crippen LogP contribution in [0.2, 0.25) is 0 Å². The first kappa shape index (κ1) is 39.8. The van der Waals surface area contributed by atoms with Crippen molar-refractivity contribution in [2.75, 3.05) is 0 Å². The number of hydrogen-bond acceptors (Lipinski definition) is 3. The summed E-state index contributed by atoms with van der Waals surface area (Å²) in [7, 11) is 0. The molecule has 0 amide bonds. The number of carboxylic acid groups (broad SMARTS) is 1. The number of carbonyl (C=O) groups excluding carboxylic acids is 1. The van der Waals surface area contributed by atoms with Crippen LogP contribution in [0, 0.1) is 0 Å². The van der Waals surface area contributed by atoms with Crippen molar-refractivity contribution in [1.82, 2.24) is 0 Å². The topological polar surface area (TPSA) is 63.6 Å². The molecule has 0 aliphatic heterocycles. The van der Waals surface area contributed by atoms with E-state index in [4.69, 9.17) is 9.84 Å². The molecule has 39 heavy (non-hydrogen) atoms. The van der Waals surface area contributed by atoms with Crippen molar-refractivity contribution in [3.05, 3.63) is 12.2 Å². The normalized spacial score (nSPS) is 11.1. The lowest BCUT2D eigenvalue weighted by molar-refractivity contribution is -0.147. The largest absolute Gasteiger partial charge is 0.481 e. The zero-order valence-electron chi connectivity index (χ0n) is 26.8. The third kappa shape index (κ3) is 41.3. The predicted molar refractivity (Wildman–Crippen MR) is 169 cm³/mol. The van der Waals surface area contributed by atoms with E-state index in [0.29, 0.717) is 12.8 Å². The van der Waals surface area contributed by atoms with Gasteiger partial charge in [0.2, 0.25) is 0 Å². The average molecular weight is 553 g/mol. The lowest BCUT2D eigenvalue weighted by Gasteiger charge is -2.07. The third-order valence-corrected chi connectivity index (χ3v) is 7.00. The maximum Gasteiger partial charge on any atom is 0.306 e. The predicted octanol–water partition coefficient (Wildman–Crippen LogP) is 11.7. The SMILES string of the molecule is CCCCCCCC/C=C\CCCCCCCC(=O)O.CCCCCCCCCCCCCC(=O)OC(C)C. The molecule has 0 heterocycles. The highest BCUT2D eigenvalue weighted by Crippen LogP contribution is 2.13. The zero-order valence-corrected chi connectivity index (χ0v) is 26.8. The summed E-state index contributed by atoms with van der Waals surface area (Å²) in [5.41, 5.74) is 0. The molecule has 0 radical (unpaired) electrons. The number of rotatable bonds is 28. The van der Waals surface area contributed by atoms with Gasteiger partial charge >= 0.3 is 11.9 Å². The van der Waals surface area contributed by atoms with Crippen LogP contribution in [0.1, 0.15) is 195 Å². The first-order valence-electron chi connectivity index (χ1n) is 17.0. The van der Waals surface area contributed by atoms with Gasteiger partial charge in [-0.05, 0) is 52.4 Å². The summed E-state index contributed by atoms with van der Waals surface area (Å²) in [6, 6.07) is 0. The van der Waals surface area contributed by atoms with E-state index >= 15 is 0 Å². The van der Waals surface area contributed by atoms with Crippen molar-refractivity contribution in [2.24, 2.45) is 0 Å². The number of esters is 1. The molecule has 0 saturated heterocycles. The van der Waals surface area contributed by atoms with Crippen molar-refractivity contribution >= 4 is 11.9 Å². The first-order chi connectivity index (χ1) is 18.9. The Balaban J connectivity index is 0. The van der Waals surface area contributed by atoms with Gasteiger partial charge in [-0.25, -0.2) is 0 Å². The molecule has 0 aliphatic rings. The van der Waals surface area contributed by atoms with Crippen LogP contribution in [-0.4, -0.2) is 23.1 Å². The Bertz CT molecular complexity index is 527. The Kier molecular flexibility index (Phi) is 35.4. The van der Waals surface area contributed by atoms with Crippen LogP contribution in [0.4, 0.5) is 0 Å². The van der Waals surface area contributed by atoms with Crippen LogP contribution in [-0.2, 0) is 14.3 Å². The van der Waals surface area contributed by atoms with Crippen LogP contribution in [0.15, 0.2) is 12.2 Å². The summed E-state index contributed by atoms with van der Waals surface area (Å²) in [5.74, 6) is -0.700. The minimum absolute atomic E-state index is 0.0280. The molecule has 0 spiro atoms. The van der Waals surface area contributed by atoms with E-state index < -0.39 is 5.97 Å². The molecular weight excluding hydrogens is 484 g/mol. The molecule has 1 N–H and O–H groups in total. The van der Waals surface area contributed by atoms with Crippen molar-refractivity contribution in [3.8, 4) is 0 Å². The molecule has 0 unspecified atom stereocenters. The van der Waals surface area contributed by atoms with E-state index in [2.05, 4.69) is 26.0 Å². The molecule has 0 aromatic carbocycles. The Morgan fingerprint density at radius 2 is 0.872 bits per heavy atom. The molecule has 232 valence electrons. The highest BCUT2D eigenvalue weighted by Gasteiger charge is 2.04. The summed E-state index contributed by atoms with van der Waals surface area (Å²) in [6.45, 7) is 8.32. The molecular formula is C35H68O4. The van der Waals surface area contributed by atoms with E-state index in [1.807, 2.05) is 13.8 Å². The number of carboxylic acids is 1. The Labute approximate surface area is 244 Å². The van der Waals surface area contributed by atoms with Gasteiger partial charge in [0.15, 0.2) is 0 Å². The second-order valence-corrected chi connectivity index (χ2v) is 11.6. The Morgan fingerprint density at radius 3 is 1.23 bits per heavy atom. The minimum Gasteiger partial charge on any atom is -0.481 e. The monoisotopic (exact) mass is 553 g/mol. The van der Waals surface area contributed by atoms with Gasteiger partial charge in [0.25, 0.3) is 0 Å². The number of aliphatic carboxylic acids is 1. The van der Waals surface area contributed by atoms with Crippen LogP contribution >= 0.6 is 0 Å². The second kappa shape index (κ2) is 34.7. The van der Waals surface area contributed by atoms with Gasteiger partial charge < -0.3 is 9.84 Å². The van der Waals surface area contributed by atoms with Crippen LogP contribution in [0.25, 0.3) is 0 Å². The lowest BCUT2D eigenvalue weighted by Crippen LogP contribution is -2.10. The number of hydrogen-bond donors (Lipinski definition) is 1. The van der Waals surface area contributed by atoms with E-state index in [0.717, 1.165) is 19.3 Å². The van der Waals surface area contributed by atoms with E-state index in [1.54, 1.807) is 0 Å². The number of allylic oxidation sites excluding steroid dienone is 2. The van der Waals surface area contributed by atoms with E-state index in [-0.39, 0.29) is 12.1 Å². The quantitative estimate of drug-likeness (QED) is 0.0595. The fourth-order valence-corrected chi connectivity index (χ4v) is 4.60. The maximum absolute atomic E-state index is 11.3. The summed E-state index contributed by atoms with van der Waals surface area (Å²) >= 11 is 0. The van der Waals surface area contributed by atoms with Crippen LogP contribution in [0.5, 0.6) is 0 Å². The standard InChI is InChI=1S/C18H34O2.C17H34O2/c1-2-3-4-5-6-7-8-9-10-11-12-13-14-15-16-17-18(19)20;1-4-5-6-7-8-9-10-11-12-13-14-15-17(18)19-16(2)3/h9-10H,2-8,11-17H2,1H3,(H,19,20);16H,4-15H2,1-3H3/b10-9-;. The maximum atomic E-state index is 11.3. The van der Waals surface area contributed by atoms with Gasteiger partial charge in [0.05, 0.1) is 6.10 Å². The molecule has 4 heteroatoms. The second-order valence-electron chi connectivity index (χ2n) is 11.6. The molecule has 0 aromatic heterocycles. The number of carbonyl (C=O) groups is 2. The Morgan fingerprint density at radius 1 is 0.538 bits per heavy atom. The molecule has 0 aliphatic carbocycles. The summed E-state index contributed by atoms with van der Waals surface area (Å²) in [4.78, 5) is 21.6. The summed E-state index contributed by atoms with van der Waals surface area (Å²) in [5, 5.41) is 8.51. The summed E-state index contributed by atoms with van der Waals surface area (Å²) < 4.78 is 5.10. The molecule has 0 fully saturated rings. The molecule has 0 bridgehead atoms. The van der Waals surface area contributed by atoms with Gasteiger partial charge in [-0.15, -0.1) is 0 Å². The van der Waals surface area contributed by atoms with Gasteiger partial charge in [-0.3, -0.25) is 9.59 Å². The van der Waals surface area contributed by atoms with Crippen LogP contribution < -0.4 is 0 Å². The molecule has 0 aromatic rings. The van der Waals surface area contributed by atoms with Crippen molar-refractivity contribution in [3.63, 3.8) is 0 Å². The van der Waals surface area contributed by atoms with Crippen molar-refractivity contribution in [1.29, 1.82) is 0 Å². The lowest BCUT2D eigenvalue weighted by atomic mass is 10.1. The van der Waals surface area contributed by atoms with E-state index in [1.165, 1.54) is 135 Å².